The van der Waals surface area contributed by atoms with Gasteiger partial charge in [0.2, 0.25) is 0 Å². The van der Waals surface area contributed by atoms with Crippen LogP contribution in [0.15, 0.2) is 66.2 Å². The fraction of sp³-hybridized carbons (Fsp3) is 0.323. The van der Waals surface area contributed by atoms with Crippen LogP contribution in [0.4, 0.5) is 11.4 Å². The molecule has 3 N–H and O–H groups in total. The van der Waals surface area contributed by atoms with Crippen LogP contribution >= 0.6 is 0 Å². The molecule has 0 amide bonds. The van der Waals surface area contributed by atoms with E-state index in [4.69, 9.17) is 4.98 Å². The predicted molar refractivity (Wildman–Crippen MR) is 150 cm³/mol. The predicted octanol–water partition coefficient (Wildman–Crippen LogP) is 8.03. The van der Waals surface area contributed by atoms with Crippen molar-refractivity contribution in [3.8, 4) is 11.1 Å². The summed E-state index contributed by atoms with van der Waals surface area (Å²) in [6, 6.07) is 22.0. The third-order valence-electron chi connectivity index (χ3n) is 7.03. The van der Waals surface area contributed by atoms with Gasteiger partial charge >= 0.3 is 0 Å². The minimum Gasteiger partial charge on any atom is -0.385 e. The number of benzene rings is 3. The summed E-state index contributed by atoms with van der Waals surface area (Å²) in [5, 5.41) is 7.29. The molecule has 4 heteroatoms. The van der Waals surface area contributed by atoms with E-state index in [2.05, 4.69) is 91.0 Å². The monoisotopic (exact) mass is 464 g/mol. The fourth-order valence-corrected chi connectivity index (χ4v) is 5.01. The van der Waals surface area contributed by atoms with Crippen molar-refractivity contribution < 1.29 is 0 Å². The molecule has 0 unspecified atom stereocenters. The summed E-state index contributed by atoms with van der Waals surface area (Å²) in [5.74, 6) is 0.962. The summed E-state index contributed by atoms with van der Waals surface area (Å²) in [6.07, 6.45) is 5.72. The van der Waals surface area contributed by atoms with Crippen molar-refractivity contribution in [1.82, 2.24) is 9.97 Å². The number of H-pyrrole nitrogens is 1. The lowest BCUT2D eigenvalue weighted by Crippen LogP contribution is -2.15. The second kappa shape index (κ2) is 10.4. The topological polar surface area (TPSA) is 52.7 Å². The van der Waals surface area contributed by atoms with Gasteiger partial charge in [0.05, 0.1) is 11.0 Å². The van der Waals surface area contributed by atoms with Gasteiger partial charge in [-0.3, -0.25) is 0 Å². The van der Waals surface area contributed by atoms with Gasteiger partial charge in [0.1, 0.15) is 5.82 Å². The lowest BCUT2D eigenvalue weighted by atomic mass is 9.89. The minimum atomic E-state index is 0.854. The van der Waals surface area contributed by atoms with Crippen LogP contribution in [-0.4, -0.2) is 23.1 Å². The first kappa shape index (κ1) is 23.2. The van der Waals surface area contributed by atoms with E-state index in [9.17, 15) is 0 Å². The van der Waals surface area contributed by atoms with Gasteiger partial charge in [-0.25, -0.2) is 4.98 Å². The second-order valence-corrected chi connectivity index (χ2v) is 9.45. The second-order valence-electron chi connectivity index (χ2n) is 9.45. The lowest BCUT2D eigenvalue weighted by molar-refractivity contribution is 0.744. The molecule has 0 radical (unpaired) electrons. The van der Waals surface area contributed by atoms with Gasteiger partial charge < -0.3 is 15.6 Å². The van der Waals surface area contributed by atoms with Crippen molar-refractivity contribution >= 4 is 28.0 Å². The number of aromatic nitrogens is 2. The first-order valence-electron chi connectivity index (χ1n) is 13.1. The highest BCUT2D eigenvalue weighted by Crippen LogP contribution is 2.39. The Morgan fingerprint density at radius 3 is 2.57 bits per heavy atom. The van der Waals surface area contributed by atoms with Gasteiger partial charge in [-0.15, -0.1) is 0 Å². The Kier molecular flexibility index (Phi) is 6.89. The van der Waals surface area contributed by atoms with Gasteiger partial charge in [-0.05, 0) is 77.9 Å². The summed E-state index contributed by atoms with van der Waals surface area (Å²) in [4.78, 5) is 8.56. The largest absolute Gasteiger partial charge is 0.385 e. The third kappa shape index (κ3) is 4.84. The molecule has 3 aromatic carbocycles. The molecule has 180 valence electrons. The Balaban J connectivity index is 1.56. The van der Waals surface area contributed by atoms with Crippen LogP contribution in [0.3, 0.4) is 0 Å². The maximum atomic E-state index is 4.97. The van der Waals surface area contributed by atoms with Gasteiger partial charge in [-0.2, -0.15) is 0 Å². The highest BCUT2D eigenvalue weighted by molar-refractivity contribution is 5.93. The molecule has 5 rings (SSSR count). The number of fused-ring (bicyclic) bond motifs is 2. The Hall–Kier alpha value is -3.53. The number of hydrogen-bond donors (Lipinski definition) is 3. The van der Waals surface area contributed by atoms with Crippen molar-refractivity contribution in [3.63, 3.8) is 0 Å². The van der Waals surface area contributed by atoms with Crippen LogP contribution in [0.5, 0.6) is 0 Å². The summed E-state index contributed by atoms with van der Waals surface area (Å²) in [5.41, 5.74) is 12.2. The average molecular weight is 465 g/mol. The van der Waals surface area contributed by atoms with Crippen LogP contribution in [-0.2, 0) is 6.42 Å². The van der Waals surface area contributed by atoms with E-state index >= 15 is 0 Å². The van der Waals surface area contributed by atoms with E-state index in [0.717, 1.165) is 42.8 Å². The van der Waals surface area contributed by atoms with Crippen molar-refractivity contribution in [2.24, 2.45) is 0 Å². The van der Waals surface area contributed by atoms with E-state index in [-0.39, 0.29) is 0 Å². The van der Waals surface area contributed by atoms with Crippen molar-refractivity contribution in [3.05, 3.63) is 83.2 Å². The minimum absolute atomic E-state index is 0.854. The number of aryl methyl sites for hydroxylation is 1. The Morgan fingerprint density at radius 2 is 1.77 bits per heavy atom. The summed E-state index contributed by atoms with van der Waals surface area (Å²) >= 11 is 0. The Morgan fingerprint density at radius 1 is 0.886 bits per heavy atom. The number of anilines is 2. The van der Waals surface area contributed by atoms with Crippen molar-refractivity contribution in [2.75, 3.05) is 23.7 Å². The molecule has 0 aliphatic carbocycles. The maximum Gasteiger partial charge on any atom is 0.139 e. The molecule has 0 atom stereocenters. The molecule has 1 aliphatic heterocycles. The first-order chi connectivity index (χ1) is 17.2. The zero-order chi connectivity index (χ0) is 24.2. The number of para-hydroxylation sites is 2. The molecule has 4 nitrogen and oxygen atoms in total. The van der Waals surface area contributed by atoms with Gasteiger partial charge in [0.25, 0.3) is 0 Å². The Bertz CT molecular complexity index is 1330. The van der Waals surface area contributed by atoms with Gasteiger partial charge in [0.15, 0.2) is 0 Å². The standard InChI is InChI=1S/C31H36N4/c1-4-7-10-15-32-25-17-21(5-2)16-24(18-25)23-13-14-27-26(19-23)30(22(6-3)20-33-27)31-34-28-11-8-9-12-29(28)35-31/h8-9,11-14,16-19,32-33H,4-7,10,15,20H2,1-3H3,(H,34,35). The number of nitrogens with zero attached hydrogens (tertiary/aromatic N) is 1. The number of aromatic amines is 1. The number of hydrogen-bond acceptors (Lipinski definition) is 3. The van der Waals surface area contributed by atoms with Crippen LogP contribution in [0, 0.1) is 0 Å². The molecule has 4 aromatic rings. The molecule has 0 saturated heterocycles. The molecule has 2 heterocycles. The summed E-state index contributed by atoms with van der Waals surface area (Å²) < 4.78 is 0. The van der Waals surface area contributed by atoms with Gasteiger partial charge in [-0.1, -0.05) is 57.9 Å². The SMILES string of the molecule is CCCCCNc1cc(CC)cc(-c2ccc3c(c2)C(c2nc4ccccc4[nH]2)=C(CC)CN3)c1. The molecular weight excluding hydrogens is 428 g/mol. The Labute approximate surface area is 208 Å². The molecule has 0 saturated carbocycles. The van der Waals surface area contributed by atoms with Crippen LogP contribution in [0.1, 0.15) is 63.4 Å². The summed E-state index contributed by atoms with van der Waals surface area (Å²) in [6.45, 7) is 8.58. The molecular formula is C31H36N4. The summed E-state index contributed by atoms with van der Waals surface area (Å²) in [7, 11) is 0. The highest BCUT2D eigenvalue weighted by Gasteiger charge is 2.22. The van der Waals surface area contributed by atoms with Crippen molar-refractivity contribution in [1.29, 1.82) is 0 Å². The van der Waals surface area contributed by atoms with E-state index in [1.807, 2.05) is 6.07 Å². The number of nitrogens with one attached hydrogen (secondary N) is 3. The molecule has 0 bridgehead atoms. The van der Waals surface area contributed by atoms with Crippen LogP contribution < -0.4 is 10.6 Å². The number of unbranched alkanes of at least 4 members (excludes halogenated alkanes) is 2. The number of rotatable bonds is 9. The van der Waals surface area contributed by atoms with Crippen LogP contribution in [0.2, 0.25) is 0 Å². The first-order valence-corrected chi connectivity index (χ1v) is 13.1. The highest BCUT2D eigenvalue weighted by atomic mass is 14.9. The van der Waals surface area contributed by atoms with Gasteiger partial charge in [0, 0.05) is 35.6 Å². The third-order valence-corrected chi connectivity index (χ3v) is 7.03. The zero-order valence-corrected chi connectivity index (χ0v) is 21.2. The van der Waals surface area contributed by atoms with E-state index in [1.165, 1.54) is 64.0 Å². The number of imidazole rings is 1. The quantitative estimate of drug-likeness (QED) is 0.220. The normalized spacial score (nSPS) is 13.1. The molecule has 1 aliphatic rings. The molecule has 0 fully saturated rings. The average Bonchev–Trinajstić information content (AvgIpc) is 3.33. The van der Waals surface area contributed by atoms with Crippen LogP contribution in [0.25, 0.3) is 27.7 Å². The maximum absolute atomic E-state index is 4.97. The van der Waals surface area contributed by atoms with E-state index < -0.39 is 0 Å². The van der Waals surface area contributed by atoms with E-state index in [0.29, 0.717) is 0 Å². The van der Waals surface area contributed by atoms with Crippen molar-refractivity contribution in [2.45, 2.75) is 52.9 Å². The fourth-order valence-electron chi connectivity index (χ4n) is 5.01. The molecule has 1 aromatic heterocycles. The molecule has 35 heavy (non-hydrogen) atoms. The zero-order valence-electron chi connectivity index (χ0n) is 21.2. The molecule has 0 spiro atoms. The van der Waals surface area contributed by atoms with E-state index in [1.54, 1.807) is 0 Å². The lowest BCUT2D eigenvalue weighted by Gasteiger charge is -2.24. The smallest absolute Gasteiger partial charge is 0.139 e.